The first-order chi connectivity index (χ1) is 6.99. The number of hydrogen-bond acceptors (Lipinski definition) is 4. The third-order valence-electron chi connectivity index (χ3n) is 2.00. The van der Waals surface area contributed by atoms with Gasteiger partial charge in [-0.3, -0.25) is 0 Å². The Balaban J connectivity index is 3.19. The summed E-state index contributed by atoms with van der Waals surface area (Å²) in [5, 5.41) is 27.6. The number of benzene rings is 1. The number of aliphatic hydroxyl groups is 1. The smallest absolute Gasteiger partial charge is 0.208 e. The largest absolute Gasteiger partial charge is 0.504 e. The second kappa shape index (κ2) is 4.65. The van der Waals surface area contributed by atoms with Gasteiger partial charge in [-0.25, -0.2) is 0 Å². The van der Waals surface area contributed by atoms with Gasteiger partial charge in [-0.05, 0) is 19.0 Å². The summed E-state index contributed by atoms with van der Waals surface area (Å²) in [5.41, 5.74) is 5.12. The van der Waals surface area contributed by atoms with Gasteiger partial charge in [-0.2, -0.15) is 4.39 Å². The Morgan fingerprint density at radius 2 is 2.00 bits per heavy atom. The van der Waals surface area contributed by atoms with Gasteiger partial charge >= 0.3 is 0 Å². The Hall–Kier alpha value is -1.04. The Morgan fingerprint density at radius 3 is 2.53 bits per heavy atom. The lowest BCUT2D eigenvalue weighted by molar-refractivity contribution is 0.165. The minimum Gasteiger partial charge on any atom is -0.504 e. The van der Waals surface area contributed by atoms with Crippen LogP contribution in [0.5, 0.6) is 11.5 Å². The number of aromatic hydroxyl groups is 2. The average Bonchev–Trinajstić information content (AvgIpc) is 2.20. The van der Waals surface area contributed by atoms with Crippen molar-refractivity contribution in [2.75, 3.05) is 6.54 Å². The van der Waals surface area contributed by atoms with Crippen molar-refractivity contribution in [3.63, 3.8) is 0 Å². The van der Waals surface area contributed by atoms with Crippen LogP contribution in [0.1, 0.15) is 18.1 Å². The molecule has 0 aromatic heterocycles. The Morgan fingerprint density at radius 1 is 1.40 bits per heavy atom. The zero-order valence-corrected chi connectivity index (χ0v) is 8.50. The maximum absolute atomic E-state index is 13.1. The molecule has 6 heteroatoms. The molecule has 0 aliphatic rings. The van der Waals surface area contributed by atoms with Crippen molar-refractivity contribution in [3.8, 4) is 11.5 Å². The molecule has 0 bridgehead atoms. The molecule has 0 aliphatic carbocycles. The second-order valence-electron chi connectivity index (χ2n) is 3.05. The predicted octanol–water partition coefficient (Wildman–Crippen LogP) is 1.27. The van der Waals surface area contributed by atoms with Crippen LogP contribution in [0.3, 0.4) is 0 Å². The summed E-state index contributed by atoms with van der Waals surface area (Å²) in [6.07, 6.45) is -0.948. The summed E-state index contributed by atoms with van der Waals surface area (Å²) in [6.45, 7) is 0.181. The van der Waals surface area contributed by atoms with E-state index in [1.54, 1.807) is 0 Å². The van der Waals surface area contributed by atoms with Gasteiger partial charge in [0.1, 0.15) is 0 Å². The maximum atomic E-state index is 13.1. The summed E-state index contributed by atoms with van der Waals surface area (Å²) < 4.78 is 13.1. The summed E-state index contributed by atoms with van der Waals surface area (Å²) in [5.74, 6) is -2.88. The van der Waals surface area contributed by atoms with E-state index in [0.29, 0.717) is 0 Å². The number of hydrogen-bond donors (Lipinski definition) is 4. The molecule has 5 N–H and O–H groups in total. The van der Waals surface area contributed by atoms with Crippen LogP contribution in [-0.4, -0.2) is 21.9 Å². The van der Waals surface area contributed by atoms with Crippen LogP contribution >= 0.6 is 11.6 Å². The third kappa shape index (κ3) is 2.31. The summed E-state index contributed by atoms with van der Waals surface area (Å²) in [4.78, 5) is 0. The lowest BCUT2D eigenvalue weighted by atomic mass is 10.0. The lowest BCUT2D eigenvalue weighted by Crippen LogP contribution is -2.07. The first kappa shape index (κ1) is 12.0. The number of halogens is 2. The maximum Gasteiger partial charge on any atom is 0.208 e. The van der Waals surface area contributed by atoms with Crippen molar-refractivity contribution < 1.29 is 19.7 Å². The van der Waals surface area contributed by atoms with E-state index in [4.69, 9.17) is 22.4 Å². The minimum atomic E-state index is -1.24. The van der Waals surface area contributed by atoms with Crippen molar-refractivity contribution >= 4 is 11.6 Å². The van der Waals surface area contributed by atoms with Crippen LogP contribution in [0, 0.1) is 5.82 Å². The van der Waals surface area contributed by atoms with Crippen LogP contribution < -0.4 is 5.73 Å². The van der Waals surface area contributed by atoms with E-state index in [-0.39, 0.29) is 23.6 Å². The fourth-order valence-electron chi connectivity index (χ4n) is 1.18. The van der Waals surface area contributed by atoms with E-state index < -0.39 is 23.4 Å². The van der Waals surface area contributed by atoms with Gasteiger partial charge in [0.25, 0.3) is 0 Å². The molecular weight excluding hydrogens is 225 g/mol. The number of rotatable bonds is 3. The fourth-order valence-corrected chi connectivity index (χ4v) is 1.38. The molecule has 0 aliphatic heterocycles. The highest BCUT2D eigenvalue weighted by Crippen LogP contribution is 2.38. The van der Waals surface area contributed by atoms with Crippen LogP contribution in [-0.2, 0) is 0 Å². The summed E-state index contributed by atoms with van der Waals surface area (Å²) >= 11 is 5.49. The minimum absolute atomic E-state index is 0.0826. The van der Waals surface area contributed by atoms with E-state index in [1.807, 2.05) is 0 Å². The van der Waals surface area contributed by atoms with Crippen molar-refractivity contribution in [1.29, 1.82) is 0 Å². The molecule has 0 saturated heterocycles. The topological polar surface area (TPSA) is 86.7 Å². The molecular formula is C9H11ClFNO3. The van der Waals surface area contributed by atoms with Crippen LogP contribution in [0.15, 0.2) is 6.07 Å². The Bertz CT molecular complexity index is 373. The molecule has 4 nitrogen and oxygen atoms in total. The zero-order chi connectivity index (χ0) is 11.6. The molecule has 1 aromatic carbocycles. The van der Waals surface area contributed by atoms with Gasteiger partial charge in [0.15, 0.2) is 11.5 Å². The molecule has 1 unspecified atom stereocenters. The zero-order valence-electron chi connectivity index (χ0n) is 7.74. The summed E-state index contributed by atoms with van der Waals surface area (Å²) in [6, 6.07) is 1.11. The van der Waals surface area contributed by atoms with Crippen LogP contribution in [0.4, 0.5) is 4.39 Å². The van der Waals surface area contributed by atoms with Crippen molar-refractivity contribution in [1.82, 2.24) is 0 Å². The molecule has 1 aromatic rings. The highest BCUT2D eigenvalue weighted by atomic mass is 35.5. The molecule has 0 amide bonds. The Kier molecular flexibility index (Phi) is 3.73. The van der Waals surface area contributed by atoms with E-state index in [0.717, 1.165) is 6.07 Å². The van der Waals surface area contributed by atoms with Crippen LogP contribution in [0.2, 0.25) is 5.02 Å². The standard InChI is InChI=1S/C9H11ClFNO3/c10-5-3-4(6(13)1-2-12)8(14)7(11)9(5)15/h3,6,13-15H,1-2,12H2. The van der Waals surface area contributed by atoms with Crippen molar-refractivity contribution in [2.24, 2.45) is 5.73 Å². The molecule has 1 atom stereocenters. The molecule has 0 fully saturated rings. The van der Waals surface area contributed by atoms with Gasteiger partial charge in [0, 0.05) is 5.56 Å². The third-order valence-corrected chi connectivity index (χ3v) is 2.28. The monoisotopic (exact) mass is 235 g/mol. The predicted molar refractivity (Wildman–Crippen MR) is 53.4 cm³/mol. The molecule has 0 heterocycles. The van der Waals surface area contributed by atoms with E-state index >= 15 is 0 Å². The van der Waals surface area contributed by atoms with E-state index in [1.165, 1.54) is 0 Å². The van der Waals surface area contributed by atoms with Gasteiger partial charge in [0.2, 0.25) is 5.82 Å². The van der Waals surface area contributed by atoms with E-state index in [9.17, 15) is 14.6 Å². The van der Waals surface area contributed by atoms with Gasteiger partial charge in [-0.1, -0.05) is 11.6 Å². The summed E-state index contributed by atoms with van der Waals surface area (Å²) in [7, 11) is 0. The van der Waals surface area contributed by atoms with E-state index in [2.05, 4.69) is 0 Å². The number of aliphatic hydroxyl groups excluding tert-OH is 1. The molecule has 0 radical (unpaired) electrons. The molecule has 84 valence electrons. The second-order valence-corrected chi connectivity index (χ2v) is 3.46. The fraction of sp³-hybridized carbons (Fsp3) is 0.333. The van der Waals surface area contributed by atoms with Gasteiger partial charge in [0.05, 0.1) is 11.1 Å². The molecule has 0 saturated carbocycles. The first-order valence-corrected chi connectivity index (χ1v) is 4.64. The van der Waals surface area contributed by atoms with Crippen molar-refractivity contribution in [2.45, 2.75) is 12.5 Å². The van der Waals surface area contributed by atoms with Crippen molar-refractivity contribution in [3.05, 3.63) is 22.5 Å². The number of nitrogens with two attached hydrogens (primary N) is 1. The Labute approximate surface area is 90.7 Å². The quantitative estimate of drug-likeness (QED) is 0.636. The first-order valence-electron chi connectivity index (χ1n) is 4.27. The normalized spacial score (nSPS) is 12.8. The highest BCUT2D eigenvalue weighted by molar-refractivity contribution is 6.32. The molecule has 1 rings (SSSR count). The lowest BCUT2D eigenvalue weighted by Gasteiger charge is -2.13. The number of phenols is 2. The molecule has 15 heavy (non-hydrogen) atoms. The number of phenolic OH excluding ortho intramolecular Hbond substituents is 2. The highest BCUT2D eigenvalue weighted by Gasteiger charge is 2.20. The molecule has 0 spiro atoms. The average molecular weight is 236 g/mol. The van der Waals surface area contributed by atoms with Crippen LogP contribution in [0.25, 0.3) is 0 Å². The van der Waals surface area contributed by atoms with Gasteiger partial charge < -0.3 is 21.1 Å². The van der Waals surface area contributed by atoms with Gasteiger partial charge in [-0.15, -0.1) is 0 Å². The SMILES string of the molecule is NCCC(O)c1cc(Cl)c(O)c(F)c1O.